The molecule has 0 heterocycles. The van der Waals surface area contributed by atoms with Gasteiger partial charge < -0.3 is 23.7 Å². The van der Waals surface area contributed by atoms with Crippen LogP contribution < -0.4 is 18.9 Å². The topological polar surface area (TPSA) is 80.3 Å². The molecular weight excluding hydrogens is 352 g/mol. The molecule has 7 nitrogen and oxygen atoms in total. The highest BCUT2D eigenvalue weighted by molar-refractivity contribution is 6.00. The first-order chi connectivity index (χ1) is 13.0. The van der Waals surface area contributed by atoms with Gasteiger partial charge in [-0.2, -0.15) is 0 Å². The van der Waals surface area contributed by atoms with Gasteiger partial charge in [0.15, 0.2) is 6.61 Å². The summed E-state index contributed by atoms with van der Waals surface area (Å²) < 4.78 is 25.8. The molecule has 0 aliphatic heterocycles. The van der Waals surface area contributed by atoms with Crippen LogP contribution in [0.3, 0.4) is 0 Å². The Hall–Kier alpha value is -3.22. The minimum atomic E-state index is -0.548. The molecule has 2 aromatic carbocycles. The summed E-state index contributed by atoms with van der Waals surface area (Å²) in [5, 5.41) is 0. The van der Waals surface area contributed by atoms with Crippen LogP contribution in [0.2, 0.25) is 0 Å². The molecule has 0 aliphatic rings. The van der Waals surface area contributed by atoms with Crippen LogP contribution in [0, 0.1) is 0 Å². The van der Waals surface area contributed by atoms with Crippen molar-refractivity contribution in [1.29, 1.82) is 0 Å². The largest absolute Gasteiger partial charge is 0.497 e. The normalized spacial score (nSPS) is 10.1. The maximum atomic E-state index is 12.4. The lowest BCUT2D eigenvalue weighted by molar-refractivity contribution is -0.141. The van der Waals surface area contributed by atoms with Gasteiger partial charge in [0.05, 0.1) is 40.4 Å². The first kappa shape index (κ1) is 20.1. The van der Waals surface area contributed by atoms with Gasteiger partial charge in [0.2, 0.25) is 5.78 Å². The summed E-state index contributed by atoms with van der Waals surface area (Å²) in [4.78, 5) is 24.5. The number of benzene rings is 2. The van der Waals surface area contributed by atoms with Gasteiger partial charge in [-0.25, -0.2) is 0 Å². The summed E-state index contributed by atoms with van der Waals surface area (Å²) >= 11 is 0. The molecule has 144 valence electrons. The number of hydrogen-bond acceptors (Lipinski definition) is 7. The zero-order chi connectivity index (χ0) is 19.8. The average molecular weight is 374 g/mol. The molecule has 0 radical (unpaired) electrons. The van der Waals surface area contributed by atoms with Crippen LogP contribution in [-0.2, 0) is 16.0 Å². The Labute approximate surface area is 157 Å². The first-order valence-electron chi connectivity index (χ1n) is 8.14. The summed E-state index contributed by atoms with van der Waals surface area (Å²) in [6, 6.07) is 9.95. The molecule has 0 aromatic heterocycles. The van der Waals surface area contributed by atoms with Gasteiger partial charge >= 0.3 is 5.97 Å². The van der Waals surface area contributed by atoms with E-state index in [4.69, 9.17) is 23.7 Å². The van der Waals surface area contributed by atoms with E-state index in [0.29, 0.717) is 28.6 Å². The van der Waals surface area contributed by atoms with Crippen molar-refractivity contribution in [3.05, 3.63) is 47.5 Å². The van der Waals surface area contributed by atoms with E-state index < -0.39 is 12.6 Å². The second-order valence-electron chi connectivity index (χ2n) is 5.50. The minimum Gasteiger partial charge on any atom is -0.497 e. The molecule has 0 spiro atoms. The number of carbonyl (C=O) groups is 2. The second kappa shape index (κ2) is 9.47. The van der Waals surface area contributed by atoms with E-state index in [2.05, 4.69) is 0 Å². The van der Waals surface area contributed by atoms with Crippen molar-refractivity contribution in [2.24, 2.45) is 0 Å². The highest BCUT2D eigenvalue weighted by Gasteiger charge is 2.17. The quantitative estimate of drug-likeness (QED) is 0.493. The third-order valence-corrected chi connectivity index (χ3v) is 3.90. The average Bonchev–Trinajstić information content (AvgIpc) is 2.71. The molecule has 0 aliphatic carbocycles. The summed E-state index contributed by atoms with van der Waals surface area (Å²) in [7, 11) is 6.00. The van der Waals surface area contributed by atoms with E-state index in [-0.39, 0.29) is 17.8 Å². The van der Waals surface area contributed by atoms with E-state index in [1.807, 2.05) is 0 Å². The van der Waals surface area contributed by atoms with Crippen LogP contribution >= 0.6 is 0 Å². The lowest BCUT2D eigenvalue weighted by Crippen LogP contribution is -2.16. The summed E-state index contributed by atoms with van der Waals surface area (Å²) in [5.41, 5.74) is 0.918. The third-order valence-electron chi connectivity index (χ3n) is 3.90. The van der Waals surface area contributed by atoms with Gasteiger partial charge in [0.25, 0.3) is 0 Å². The fourth-order valence-corrected chi connectivity index (χ4v) is 2.46. The Morgan fingerprint density at radius 3 is 2.04 bits per heavy atom. The molecule has 2 rings (SSSR count). The summed E-state index contributed by atoms with van der Waals surface area (Å²) in [6.45, 7) is -0.402. The van der Waals surface area contributed by atoms with E-state index in [0.717, 1.165) is 0 Å². The van der Waals surface area contributed by atoms with Gasteiger partial charge in [-0.3, -0.25) is 9.59 Å². The standard InChI is InChI=1S/C20H22O7/c1-23-14-7-8-18(25-3)16(10-14)17(21)12-27-20(22)9-13-5-6-15(24-2)11-19(13)26-4/h5-8,10-11H,9,12H2,1-4H3. The van der Waals surface area contributed by atoms with Crippen molar-refractivity contribution >= 4 is 11.8 Å². The monoisotopic (exact) mass is 374 g/mol. The molecular formula is C20H22O7. The van der Waals surface area contributed by atoms with Crippen molar-refractivity contribution < 1.29 is 33.3 Å². The maximum absolute atomic E-state index is 12.4. The number of carbonyl (C=O) groups excluding carboxylic acids is 2. The number of hydrogen-bond donors (Lipinski definition) is 0. The Morgan fingerprint density at radius 2 is 1.41 bits per heavy atom. The van der Waals surface area contributed by atoms with Crippen molar-refractivity contribution in [2.75, 3.05) is 35.0 Å². The van der Waals surface area contributed by atoms with Crippen LogP contribution in [0.25, 0.3) is 0 Å². The van der Waals surface area contributed by atoms with Crippen LogP contribution in [0.4, 0.5) is 0 Å². The molecule has 7 heteroatoms. The zero-order valence-electron chi connectivity index (χ0n) is 15.7. The Kier molecular flexibility index (Phi) is 7.05. The number of ether oxygens (including phenoxy) is 5. The molecule has 0 amide bonds. The summed E-state index contributed by atoms with van der Waals surface area (Å²) in [5.74, 6) is 1.08. The number of esters is 1. The zero-order valence-corrected chi connectivity index (χ0v) is 15.7. The van der Waals surface area contributed by atoms with Crippen molar-refractivity contribution in [3.8, 4) is 23.0 Å². The van der Waals surface area contributed by atoms with Crippen LogP contribution in [0.15, 0.2) is 36.4 Å². The maximum Gasteiger partial charge on any atom is 0.310 e. The molecule has 0 saturated carbocycles. The molecule has 0 bridgehead atoms. The lowest BCUT2D eigenvalue weighted by Gasteiger charge is -2.11. The fourth-order valence-electron chi connectivity index (χ4n) is 2.46. The predicted octanol–water partition coefficient (Wildman–Crippen LogP) is 2.69. The summed E-state index contributed by atoms with van der Waals surface area (Å²) in [6.07, 6.45) is -0.0321. The number of ketones is 1. The van der Waals surface area contributed by atoms with Crippen LogP contribution in [-0.4, -0.2) is 46.8 Å². The van der Waals surface area contributed by atoms with Crippen LogP contribution in [0.5, 0.6) is 23.0 Å². The predicted molar refractivity (Wildman–Crippen MR) is 98.1 cm³/mol. The Balaban J connectivity index is 2.03. The molecule has 27 heavy (non-hydrogen) atoms. The molecule has 0 atom stereocenters. The van der Waals surface area contributed by atoms with Gasteiger partial charge in [-0.1, -0.05) is 6.07 Å². The van der Waals surface area contributed by atoms with E-state index in [1.54, 1.807) is 43.5 Å². The Bertz CT molecular complexity index is 814. The second-order valence-corrected chi connectivity index (χ2v) is 5.50. The molecule has 2 aromatic rings. The lowest BCUT2D eigenvalue weighted by atomic mass is 10.1. The van der Waals surface area contributed by atoms with Gasteiger partial charge in [0.1, 0.15) is 23.0 Å². The van der Waals surface area contributed by atoms with Gasteiger partial charge in [-0.05, 0) is 24.3 Å². The number of Topliss-reactive ketones (excluding diaryl/α,β-unsaturated/α-hetero) is 1. The third kappa shape index (κ3) is 5.13. The highest BCUT2D eigenvalue weighted by atomic mass is 16.5. The van der Waals surface area contributed by atoms with Crippen LogP contribution in [0.1, 0.15) is 15.9 Å². The van der Waals surface area contributed by atoms with Gasteiger partial charge in [0, 0.05) is 11.6 Å². The van der Waals surface area contributed by atoms with Crippen molar-refractivity contribution in [1.82, 2.24) is 0 Å². The molecule has 0 unspecified atom stereocenters. The van der Waals surface area contributed by atoms with Crippen molar-refractivity contribution in [2.45, 2.75) is 6.42 Å². The Morgan fingerprint density at radius 1 is 0.778 bits per heavy atom. The van der Waals surface area contributed by atoms with Crippen molar-refractivity contribution in [3.63, 3.8) is 0 Å². The highest BCUT2D eigenvalue weighted by Crippen LogP contribution is 2.26. The molecule has 0 fully saturated rings. The number of methoxy groups -OCH3 is 4. The van der Waals surface area contributed by atoms with Gasteiger partial charge in [-0.15, -0.1) is 0 Å². The first-order valence-corrected chi connectivity index (χ1v) is 8.14. The van der Waals surface area contributed by atoms with E-state index in [1.165, 1.54) is 21.3 Å². The molecule has 0 saturated heterocycles. The van der Waals surface area contributed by atoms with E-state index >= 15 is 0 Å². The smallest absolute Gasteiger partial charge is 0.310 e. The number of rotatable bonds is 9. The van der Waals surface area contributed by atoms with E-state index in [9.17, 15) is 9.59 Å². The molecule has 0 N–H and O–H groups in total. The fraction of sp³-hybridized carbons (Fsp3) is 0.300. The SMILES string of the molecule is COc1ccc(CC(=O)OCC(=O)c2cc(OC)ccc2OC)c(OC)c1. The minimum absolute atomic E-state index is 0.0321.